The van der Waals surface area contributed by atoms with E-state index in [9.17, 15) is 4.79 Å². The lowest BCUT2D eigenvalue weighted by Crippen LogP contribution is -2.39. The normalized spacial score (nSPS) is 17.1. The Kier molecular flexibility index (Phi) is 5.29. The van der Waals surface area contributed by atoms with Crippen LogP contribution in [0.5, 0.6) is 0 Å². The fraction of sp³-hybridized carbons (Fsp3) is 0.500. The number of aromatic nitrogens is 4. The van der Waals surface area contributed by atoms with Gasteiger partial charge in [-0.05, 0) is 38.8 Å². The summed E-state index contributed by atoms with van der Waals surface area (Å²) in [6.45, 7) is 3.81. The van der Waals surface area contributed by atoms with Crippen molar-refractivity contribution in [3.63, 3.8) is 0 Å². The van der Waals surface area contributed by atoms with Gasteiger partial charge in [0, 0.05) is 11.4 Å². The van der Waals surface area contributed by atoms with Crippen molar-refractivity contribution in [1.82, 2.24) is 24.9 Å². The van der Waals surface area contributed by atoms with Gasteiger partial charge >= 0.3 is 0 Å². The zero-order valence-electron chi connectivity index (χ0n) is 15.8. The minimum atomic E-state index is -0.241. The van der Waals surface area contributed by atoms with E-state index in [1.165, 1.54) is 37.4 Å². The number of carbonyl (C=O) groups is 1. The van der Waals surface area contributed by atoms with Crippen LogP contribution in [-0.4, -0.2) is 36.8 Å². The lowest BCUT2D eigenvalue weighted by atomic mass is 10.1. The van der Waals surface area contributed by atoms with Crippen LogP contribution in [0.3, 0.4) is 0 Å². The molecule has 2 heterocycles. The number of rotatable bonds is 4. The van der Waals surface area contributed by atoms with Gasteiger partial charge in [0.2, 0.25) is 5.91 Å². The van der Waals surface area contributed by atoms with Crippen LogP contribution in [0.1, 0.15) is 51.3 Å². The van der Waals surface area contributed by atoms with E-state index >= 15 is 0 Å². The van der Waals surface area contributed by atoms with Crippen molar-refractivity contribution >= 4 is 34.2 Å². The maximum absolute atomic E-state index is 12.7. The smallest absolute Gasteiger partial charge is 0.233 e. The molecule has 0 bridgehead atoms. The van der Waals surface area contributed by atoms with Crippen LogP contribution >= 0.6 is 11.8 Å². The molecule has 6 nitrogen and oxygen atoms in total. The number of benzene rings is 1. The van der Waals surface area contributed by atoms with Gasteiger partial charge in [-0.1, -0.05) is 49.6 Å². The predicted octanol–water partition coefficient (Wildman–Crippen LogP) is 3.91. The molecule has 0 unspecified atom stereocenters. The van der Waals surface area contributed by atoms with Gasteiger partial charge in [0.05, 0.1) is 10.8 Å². The van der Waals surface area contributed by atoms with Crippen LogP contribution < -0.4 is 5.32 Å². The third kappa shape index (κ3) is 3.93. The summed E-state index contributed by atoms with van der Waals surface area (Å²) in [7, 11) is 0. The molecule has 1 amide bonds. The molecule has 7 heteroatoms. The Morgan fingerprint density at radius 1 is 1.19 bits per heavy atom. The molecule has 0 spiro atoms. The van der Waals surface area contributed by atoms with E-state index < -0.39 is 0 Å². The first-order valence-corrected chi connectivity index (χ1v) is 10.6. The van der Waals surface area contributed by atoms with E-state index in [4.69, 9.17) is 4.98 Å². The first-order valence-electron chi connectivity index (χ1n) is 9.71. The van der Waals surface area contributed by atoms with Crippen LogP contribution in [-0.2, 0) is 4.79 Å². The van der Waals surface area contributed by atoms with Gasteiger partial charge in [-0.2, -0.15) is 4.52 Å². The zero-order chi connectivity index (χ0) is 18.8. The number of carbonyl (C=O) groups excluding carboxylic acids is 1. The average molecular weight is 384 g/mol. The summed E-state index contributed by atoms with van der Waals surface area (Å²) in [6, 6.07) is 8.22. The summed E-state index contributed by atoms with van der Waals surface area (Å²) < 4.78 is 1.76. The Hall–Kier alpha value is -2.15. The molecule has 142 valence electrons. The highest BCUT2D eigenvalue weighted by Gasteiger charge is 2.22. The Labute approximate surface area is 163 Å². The number of hydrogen-bond acceptors (Lipinski definition) is 5. The van der Waals surface area contributed by atoms with Crippen LogP contribution in [0.25, 0.3) is 16.6 Å². The summed E-state index contributed by atoms with van der Waals surface area (Å²) in [5, 5.41) is 9.16. The molecule has 1 N–H and O–H groups in total. The fourth-order valence-corrected chi connectivity index (χ4v) is 4.53. The van der Waals surface area contributed by atoms with Gasteiger partial charge in [-0.3, -0.25) is 4.79 Å². The minimum Gasteiger partial charge on any atom is -0.352 e. The quantitative estimate of drug-likeness (QED) is 0.420. The zero-order valence-corrected chi connectivity index (χ0v) is 16.6. The molecule has 0 saturated heterocycles. The van der Waals surface area contributed by atoms with Gasteiger partial charge in [0.1, 0.15) is 5.82 Å². The number of amides is 1. The fourth-order valence-electron chi connectivity index (χ4n) is 3.66. The molecule has 27 heavy (non-hydrogen) atoms. The molecule has 1 atom stereocenters. The first kappa shape index (κ1) is 18.2. The Morgan fingerprint density at radius 3 is 2.70 bits per heavy atom. The monoisotopic (exact) mass is 383 g/mol. The Balaban J connectivity index is 1.57. The second-order valence-electron chi connectivity index (χ2n) is 7.26. The molecule has 1 aliphatic rings. The van der Waals surface area contributed by atoms with E-state index in [0.29, 0.717) is 17.0 Å². The molecule has 4 rings (SSSR count). The van der Waals surface area contributed by atoms with Crippen LogP contribution in [0.15, 0.2) is 29.4 Å². The molecule has 0 aliphatic heterocycles. The standard InChI is InChI=1S/C20H25N5OS/c1-13(19(26)22-15-9-5-3-4-6-10-15)27-20-23-17-12-8-7-11-16(17)18-21-14(2)24-25(18)20/h7-8,11-13,15H,3-6,9-10H2,1-2H3,(H,22,26)/t13-/m1/s1. The lowest BCUT2D eigenvalue weighted by molar-refractivity contribution is -0.121. The number of hydrogen-bond donors (Lipinski definition) is 1. The number of fused-ring (bicyclic) bond motifs is 3. The first-order chi connectivity index (χ1) is 13.1. The van der Waals surface area contributed by atoms with Crippen LogP contribution in [0.4, 0.5) is 0 Å². The van der Waals surface area contributed by atoms with E-state index in [-0.39, 0.29) is 11.2 Å². The van der Waals surface area contributed by atoms with Gasteiger partial charge < -0.3 is 5.32 Å². The number of nitrogens with one attached hydrogen (secondary N) is 1. The maximum atomic E-state index is 12.7. The van der Waals surface area contributed by atoms with Gasteiger partial charge in [0.15, 0.2) is 10.8 Å². The van der Waals surface area contributed by atoms with Gasteiger partial charge in [0.25, 0.3) is 0 Å². The van der Waals surface area contributed by atoms with Crippen molar-refractivity contribution in [3.8, 4) is 0 Å². The highest BCUT2D eigenvalue weighted by molar-refractivity contribution is 8.00. The molecular weight excluding hydrogens is 358 g/mol. The Morgan fingerprint density at radius 2 is 1.93 bits per heavy atom. The molecular formula is C20H25N5OS. The second kappa shape index (κ2) is 7.84. The summed E-state index contributed by atoms with van der Waals surface area (Å²) in [5.41, 5.74) is 1.66. The largest absolute Gasteiger partial charge is 0.352 e. The third-order valence-corrected chi connectivity index (χ3v) is 6.15. The van der Waals surface area contributed by atoms with E-state index in [1.54, 1.807) is 4.52 Å². The van der Waals surface area contributed by atoms with Crippen molar-refractivity contribution in [2.24, 2.45) is 0 Å². The van der Waals surface area contributed by atoms with Crippen molar-refractivity contribution in [1.29, 1.82) is 0 Å². The number of aryl methyl sites for hydroxylation is 1. The minimum absolute atomic E-state index is 0.0758. The van der Waals surface area contributed by atoms with E-state index in [0.717, 1.165) is 29.4 Å². The highest BCUT2D eigenvalue weighted by Crippen LogP contribution is 2.27. The molecule has 1 fully saturated rings. The van der Waals surface area contributed by atoms with Crippen molar-refractivity contribution in [2.45, 2.75) is 68.8 Å². The van der Waals surface area contributed by atoms with Gasteiger partial charge in [-0.25, -0.2) is 9.97 Å². The second-order valence-corrected chi connectivity index (χ2v) is 8.57. The topological polar surface area (TPSA) is 72.2 Å². The van der Waals surface area contributed by atoms with E-state index in [2.05, 4.69) is 15.4 Å². The number of para-hydroxylation sites is 1. The van der Waals surface area contributed by atoms with Crippen LogP contribution in [0, 0.1) is 6.92 Å². The summed E-state index contributed by atoms with van der Waals surface area (Å²) in [6.07, 6.45) is 7.14. The lowest BCUT2D eigenvalue weighted by Gasteiger charge is -2.19. The molecule has 2 aromatic heterocycles. The van der Waals surface area contributed by atoms with Crippen molar-refractivity contribution < 1.29 is 4.79 Å². The molecule has 1 saturated carbocycles. The van der Waals surface area contributed by atoms with E-state index in [1.807, 2.05) is 38.1 Å². The molecule has 0 radical (unpaired) electrons. The number of nitrogens with zero attached hydrogens (tertiary/aromatic N) is 4. The highest BCUT2D eigenvalue weighted by atomic mass is 32.2. The maximum Gasteiger partial charge on any atom is 0.233 e. The molecule has 1 aromatic carbocycles. The van der Waals surface area contributed by atoms with Gasteiger partial charge in [-0.15, -0.1) is 5.10 Å². The SMILES string of the molecule is Cc1nc2c3ccccc3nc(S[C@H](C)C(=O)NC3CCCCCC3)n2n1. The van der Waals surface area contributed by atoms with Crippen LogP contribution in [0.2, 0.25) is 0 Å². The van der Waals surface area contributed by atoms with Crippen molar-refractivity contribution in [3.05, 3.63) is 30.1 Å². The molecule has 1 aliphatic carbocycles. The summed E-state index contributed by atoms with van der Waals surface area (Å²) in [4.78, 5) is 22.0. The predicted molar refractivity (Wildman–Crippen MR) is 108 cm³/mol. The summed E-state index contributed by atoms with van der Waals surface area (Å²) >= 11 is 1.44. The third-order valence-electron chi connectivity index (χ3n) is 5.11. The number of thioether (sulfide) groups is 1. The molecule has 3 aromatic rings. The average Bonchev–Trinajstić information content (AvgIpc) is 2.88. The summed E-state index contributed by atoms with van der Waals surface area (Å²) in [5.74, 6) is 0.775. The Bertz CT molecular complexity index is 962. The van der Waals surface area contributed by atoms with Crippen molar-refractivity contribution in [2.75, 3.05) is 0 Å².